The quantitative estimate of drug-likeness (QED) is 0.0919. The molecule has 1 N–H and O–H groups in total. The second-order valence-electron chi connectivity index (χ2n) is 16.6. The average Bonchev–Trinajstić information content (AvgIpc) is 3.92. The molecule has 4 aromatic rings. The fraction of sp³-hybridized carbons (Fsp3) is 0.396. The summed E-state index contributed by atoms with van der Waals surface area (Å²) in [6.07, 6.45) is 6.15. The van der Waals surface area contributed by atoms with Crippen LogP contribution in [0.2, 0.25) is 0 Å². The minimum absolute atomic E-state index is 0. The van der Waals surface area contributed by atoms with E-state index in [4.69, 9.17) is 19.3 Å². The molecule has 2 aromatic heterocycles. The predicted molar refractivity (Wildman–Crippen MR) is 260 cm³/mol. The second-order valence-corrected chi connectivity index (χ2v) is 16.6. The summed E-state index contributed by atoms with van der Waals surface area (Å²) in [5.41, 5.74) is 2.73. The van der Waals surface area contributed by atoms with Crippen LogP contribution in [0.1, 0.15) is 47.9 Å². The monoisotopic (exact) mass is 971 g/mol. The Morgan fingerprint density at radius 3 is 1.55 bits per heavy atom. The molecule has 71 heavy (non-hydrogen) atoms. The molecular formula is C48H55BF2LiN10O9. The number of ketones is 2. The van der Waals surface area contributed by atoms with Crippen molar-refractivity contribution >= 4 is 73.8 Å². The Labute approximate surface area is 425 Å². The minimum Gasteiger partial charge on any atom is -1.00 e. The number of pyridine rings is 2. The number of halogens is 2. The number of nitrogens with zero attached hydrogens (tertiary/aromatic N) is 10. The minimum atomic E-state index is -0.550. The Morgan fingerprint density at radius 2 is 1.18 bits per heavy atom. The van der Waals surface area contributed by atoms with Crippen LogP contribution in [0.25, 0.3) is 22.3 Å². The van der Waals surface area contributed by atoms with Gasteiger partial charge in [-0.1, -0.05) is 0 Å². The number of hydrogen-bond donors (Lipinski definition) is 1. The molecule has 0 bridgehead atoms. The molecule has 2 amide bonds. The molecule has 4 aliphatic rings. The van der Waals surface area contributed by atoms with Gasteiger partial charge in [-0.15, -0.1) is 0 Å². The number of hydrazone groups is 2. The summed E-state index contributed by atoms with van der Waals surface area (Å²) in [6, 6.07) is 16.3. The maximum atomic E-state index is 15.0. The molecule has 6 heterocycles. The van der Waals surface area contributed by atoms with Gasteiger partial charge in [0, 0.05) is 69.0 Å². The van der Waals surface area contributed by atoms with Gasteiger partial charge in [-0.05, 0) is 94.3 Å². The normalized spacial score (nSPS) is 17.2. The van der Waals surface area contributed by atoms with E-state index in [0.29, 0.717) is 110 Å². The number of aliphatic hydroxyl groups is 1. The molecule has 2 saturated heterocycles. The molecule has 0 spiro atoms. The second kappa shape index (κ2) is 25.8. The number of β-amino-alcohol motifs (C(OH)–C–C–N with tert-alkyl or cyclic N) is 1. The molecule has 2 fully saturated rings. The number of cyclic esters (lactones) is 2. The Morgan fingerprint density at radius 1 is 0.718 bits per heavy atom. The molecule has 3 radical (unpaired) electrons. The van der Waals surface area contributed by atoms with Gasteiger partial charge < -0.3 is 40.1 Å². The van der Waals surface area contributed by atoms with E-state index in [9.17, 15) is 32.8 Å². The number of amides is 2. The number of carbonyl (C=O) groups is 5. The number of esters is 1. The van der Waals surface area contributed by atoms with Crippen LogP contribution in [0.4, 0.5) is 41.4 Å². The molecule has 2 aromatic carbocycles. The fourth-order valence-corrected chi connectivity index (χ4v) is 7.79. The van der Waals surface area contributed by atoms with Crippen molar-refractivity contribution in [3.8, 4) is 22.3 Å². The van der Waals surface area contributed by atoms with E-state index in [1.165, 1.54) is 35.8 Å². The van der Waals surface area contributed by atoms with E-state index in [1.807, 2.05) is 9.80 Å². The predicted octanol–water partition coefficient (Wildman–Crippen LogP) is 2.59. The first-order valence-corrected chi connectivity index (χ1v) is 22.6. The van der Waals surface area contributed by atoms with E-state index in [0.717, 1.165) is 0 Å². The summed E-state index contributed by atoms with van der Waals surface area (Å²) < 4.78 is 45.5. The van der Waals surface area contributed by atoms with E-state index < -0.39 is 29.9 Å². The molecule has 23 heteroatoms. The molecule has 0 unspecified atom stereocenters. The maximum Gasteiger partial charge on any atom is 1.00 e. The van der Waals surface area contributed by atoms with Crippen LogP contribution in [0.3, 0.4) is 0 Å². The summed E-state index contributed by atoms with van der Waals surface area (Å²) >= 11 is 0. The molecule has 2 atom stereocenters. The molecule has 4 aliphatic heterocycles. The van der Waals surface area contributed by atoms with E-state index in [-0.39, 0.29) is 78.6 Å². The maximum absolute atomic E-state index is 15.0. The van der Waals surface area contributed by atoms with Gasteiger partial charge in [0.05, 0.1) is 57.3 Å². The van der Waals surface area contributed by atoms with Gasteiger partial charge in [-0.3, -0.25) is 24.6 Å². The smallest absolute Gasteiger partial charge is 1.00 e. The summed E-state index contributed by atoms with van der Waals surface area (Å²) in [5, 5.41) is 20.9. The number of hydrogen-bond acceptors (Lipinski definition) is 17. The van der Waals surface area contributed by atoms with Crippen LogP contribution in [0.15, 0.2) is 83.3 Å². The summed E-state index contributed by atoms with van der Waals surface area (Å²) in [7, 11) is 0. The SMILES string of the molecule is CC(=O)CC[C@H]1CN(c2ccc(-c3ccc(N4C=NN(CCO)CC4)nc3)c(F)c2)C(=O)O1.CCOC(=O)CN1CCN(c2ccc(-c3ccc(N4C[C@H](CCC(C)=O)OC4=O)cc3F)cn2)C=N1.[B].[H-].[Li+]. The molecule has 0 saturated carbocycles. The van der Waals surface area contributed by atoms with Gasteiger partial charge in [0.2, 0.25) is 0 Å². The first-order valence-electron chi connectivity index (χ1n) is 22.6. The van der Waals surface area contributed by atoms with E-state index in [2.05, 4.69) is 20.2 Å². The van der Waals surface area contributed by atoms with Gasteiger partial charge in [-0.2, -0.15) is 10.2 Å². The zero-order chi connectivity index (χ0) is 49.0. The summed E-state index contributed by atoms with van der Waals surface area (Å²) in [4.78, 5) is 73.8. The fourth-order valence-electron chi connectivity index (χ4n) is 7.79. The standard InChI is InChI=1S/C25H28FN5O5.C23H26FN5O4.B.Li.H/c1-3-35-24(33)15-30-11-10-29(16-28-30)23-9-5-18(13-27-23)21-8-6-19(12-22(21)26)31-14-20(36-25(31)34)7-4-17(2)32;1-16(31)2-5-19-14-29(23(32)33-19)18-4-6-20(21(24)12-18)17-3-7-22(25-13-17)27-8-9-28(10-11-30)26-15-27;;;/h5-6,8-9,12-13,16,20H,3-4,7,10-11,14-15H2,1-2H3;3-4,6-7,12-13,15,19,30H,2,5,8-11,14H2,1H3;;;/q;;;+1;-1/t20-;19-;;;/m00.../s1. The summed E-state index contributed by atoms with van der Waals surface area (Å²) in [5.74, 6) is 0.121. The van der Waals surface area contributed by atoms with Crippen molar-refractivity contribution in [3.05, 3.63) is 84.7 Å². The number of ether oxygens (including phenoxy) is 3. The topological polar surface area (TPSA) is 203 Å². The van der Waals surface area contributed by atoms with Crippen molar-refractivity contribution in [2.45, 2.75) is 58.7 Å². The first-order chi connectivity index (χ1) is 33.3. The zero-order valence-corrected chi connectivity index (χ0v) is 40.2. The number of anilines is 4. The van der Waals surface area contributed by atoms with Crippen LogP contribution in [-0.4, -0.2) is 154 Å². The number of carbonyl (C=O) groups excluding carboxylic acids is 5. The van der Waals surface area contributed by atoms with Crippen LogP contribution in [0, 0.1) is 11.6 Å². The Kier molecular flexibility index (Phi) is 20.0. The van der Waals surface area contributed by atoms with Crippen molar-refractivity contribution in [1.82, 2.24) is 20.0 Å². The van der Waals surface area contributed by atoms with Crippen LogP contribution in [-0.2, 0) is 28.6 Å². The number of benzene rings is 2. The van der Waals surface area contributed by atoms with Crippen molar-refractivity contribution in [1.29, 1.82) is 0 Å². The molecular weight excluding hydrogens is 916 g/mol. The van der Waals surface area contributed by atoms with Gasteiger partial charge in [0.15, 0.2) is 0 Å². The van der Waals surface area contributed by atoms with Crippen LogP contribution >= 0.6 is 0 Å². The largest absolute Gasteiger partial charge is 1.00 e. The first kappa shape index (κ1) is 55.0. The third-order valence-electron chi connectivity index (χ3n) is 11.5. The van der Waals surface area contributed by atoms with E-state index in [1.54, 1.807) is 90.5 Å². The molecule has 8 rings (SSSR count). The number of Topliss-reactive ketones (excluding diaryl/α,β-unsaturated/α-hetero) is 2. The molecule has 19 nitrogen and oxygen atoms in total. The molecule has 0 aliphatic carbocycles. The average molecular weight is 972 g/mol. The number of rotatable bonds is 17. The van der Waals surface area contributed by atoms with Gasteiger partial charge in [0.25, 0.3) is 0 Å². The summed E-state index contributed by atoms with van der Waals surface area (Å²) in [6.45, 7) is 8.72. The van der Waals surface area contributed by atoms with E-state index >= 15 is 0 Å². The van der Waals surface area contributed by atoms with Crippen LogP contribution < -0.4 is 38.5 Å². The van der Waals surface area contributed by atoms with Crippen LogP contribution in [0.5, 0.6) is 0 Å². The zero-order valence-electron chi connectivity index (χ0n) is 41.2. The Balaban J connectivity index is 0.000000301. The van der Waals surface area contributed by atoms with Crippen molar-refractivity contribution in [2.75, 3.05) is 85.2 Å². The Bertz CT molecular complexity index is 2570. The van der Waals surface area contributed by atoms with Crippen molar-refractivity contribution in [3.63, 3.8) is 0 Å². The third-order valence-corrected chi connectivity index (χ3v) is 11.5. The van der Waals surface area contributed by atoms with Gasteiger partial charge >= 0.3 is 37.0 Å². The van der Waals surface area contributed by atoms with Crippen molar-refractivity contribution < 1.29 is 72.4 Å². The van der Waals surface area contributed by atoms with Crippen molar-refractivity contribution in [2.24, 2.45) is 10.2 Å². The van der Waals surface area contributed by atoms with Gasteiger partial charge in [0.1, 0.15) is 66.3 Å². The Hall–Kier alpha value is -6.89. The number of aliphatic hydroxyl groups excluding tert-OH is 1. The molecule has 369 valence electrons. The van der Waals surface area contributed by atoms with Gasteiger partial charge in [-0.25, -0.2) is 28.3 Å². The number of aromatic nitrogens is 2. The third kappa shape index (κ3) is 14.6.